The minimum atomic E-state index is -0.587. The van der Waals surface area contributed by atoms with Crippen LogP contribution in [0.2, 0.25) is 0 Å². The Morgan fingerprint density at radius 1 is 1.00 bits per heavy atom. The standard InChI is InChI=1S/C15H17N5O2/c16-15(22)13-9-18-12(8-19-13)6-5-10-1-3-11(4-2-10)7-14(21)20-17/h1-4,8-9H,5-7,17H2,(H2,16,22)(H,20,21). The quantitative estimate of drug-likeness (QED) is 0.390. The maximum absolute atomic E-state index is 11.2. The Balaban J connectivity index is 1.91. The third kappa shape index (κ3) is 4.35. The second-order valence-corrected chi connectivity index (χ2v) is 4.82. The maximum Gasteiger partial charge on any atom is 0.268 e. The van der Waals surface area contributed by atoms with E-state index in [-0.39, 0.29) is 18.0 Å². The van der Waals surface area contributed by atoms with Crippen LogP contribution in [-0.2, 0) is 24.1 Å². The van der Waals surface area contributed by atoms with Crippen LogP contribution in [0.4, 0.5) is 0 Å². The van der Waals surface area contributed by atoms with Crippen LogP contribution in [0.3, 0.4) is 0 Å². The number of rotatable bonds is 6. The van der Waals surface area contributed by atoms with E-state index in [0.29, 0.717) is 6.42 Å². The second kappa shape index (κ2) is 7.28. The van der Waals surface area contributed by atoms with Gasteiger partial charge < -0.3 is 5.73 Å². The summed E-state index contributed by atoms with van der Waals surface area (Å²) in [5, 5.41) is 0. The number of aryl methyl sites for hydroxylation is 2. The van der Waals surface area contributed by atoms with Gasteiger partial charge in [0.05, 0.1) is 18.3 Å². The molecule has 1 aromatic heterocycles. The Labute approximate surface area is 127 Å². The smallest absolute Gasteiger partial charge is 0.268 e. The van der Waals surface area contributed by atoms with Crippen LogP contribution >= 0.6 is 0 Å². The largest absolute Gasteiger partial charge is 0.364 e. The van der Waals surface area contributed by atoms with Crippen LogP contribution in [0, 0.1) is 0 Å². The first-order chi connectivity index (χ1) is 10.6. The Morgan fingerprint density at radius 3 is 2.23 bits per heavy atom. The number of hydrogen-bond donors (Lipinski definition) is 3. The number of nitrogens with zero attached hydrogens (tertiary/aromatic N) is 2. The molecule has 1 aromatic carbocycles. The number of aromatic nitrogens is 2. The summed E-state index contributed by atoms with van der Waals surface area (Å²) in [6.45, 7) is 0. The minimum absolute atomic E-state index is 0.159. The van der Waals surface area contributed by atoms with Crippen molar-refractivity contribution in [3.05, 3.63) is 59.2 Å². The third-order valence-electron chi connectivity index (χ3n) is 3.18. The number of benzene rings is 1. The molecule has 0 aliphatic heterocycles. The summed E-state index contributed by atoms with van der Waals surface area (Å²) in [6, 6.07) is 7.72. The number of nitrogens with two attached hydrogens (primary N) is 2. The van der Waals surface area contributed by atoms with E-state index >= 15 is 0 Å². The number of primary amides is 1. The molecule has 0 aliphatic carbocycles. The highest BCUT2D eigenvalue weighted by molar-refractivity contribution is 5.90. The summed E-state index contributed by atoms with van der Waals surface area (Å²) in [7, 11) is 0. The first kappa shape index (κ1) is 15.6. The minimum Gasteiger partial charge on any atom is -0.364 e. The summed E-state index contributed by atoms with van der Waals surface area (Å²) in [5.41, 5.74) is 10.2. The fourth-order valence-corrected chi connectivity index (χ4v) is 1.94. The van der Waals surface area contributed by atoms with Crippen LogP contribution in [0.5, 0.6) is 0 Å². The normalized spacial score (nSPS) is 10.2. The van der Waals surface area contributed by atoms with Gasteiger partial charge in [-0.3, -0.25) is 20.0 Å². The van der Waals surface area contributed by atoms with Gasteiger partial charge in [-0.05, 0) is 24.0 Å². The predicted octanol–water partition coefficient (Wildman–Crippen LogP) is -0.107. The van der Waals surface area contributed by atoms with Crippen molar-refractivity contribution < 1.29 is 9.59 Å². The van der Waals surface area contributed by atoms with Gasteiger partial charge >= 0.3 is 0 Å². The highest BCUT2D eigenvalue weighted by atomic mass is 16.2. The summed E-state index contributed by atoms with van der Waals surface area (Å²) in [5.74, 6) is 4.24. The topological polar surface area (TPSA) is 124 Å². The zero-order chi connectivity index (χ0) is 15.9. The third-order valence-corrected chi connectivity index (χ3v) is 3.18. The zero-order valence-corrected chi connectivity index (χ0v) is 12.0. The van der Waals surface area contributed by atoms with Crippen LogP contribution in [0.25, 0.3) is 0 Å². The molecule has 7 nitrogen and oxygen atoms in total. The molecule has 0 saturated carbocycles. The molecule has 0 bridgehead atoms. The number of amides is 2. The van der Waals surface area contributed by atoms with Gasteiger partial charge in [-0.15, -0.1) is 0 Å². The van der Waals surface area contributed by atoms with Gasteiger partial charge in [0, 0.05) is 6.20 Å². The lowest BCUT2D eigenvalue weighted by Gasteiger charge is -2.04. The van der Waals surface area contributed by atoms with Gasteiger partial charge in [0.25, 0.3) is 5.91 Å². The fraction of sp³-hybridized carbons (Fsp3) is 0.200. The van der Waals surface area contributed by atoms with E-state index in [9.17, 15) is 9.59 Å². The van der Waals surface area contributed by atoms with Gasteiger partial charge in [0.15, 0.2) is 0 Å². The lowest BCUT2D eigenvalue weighted by Crippen LogP contribution is -2.31. The van der Waals surface area contributed by atoms with E-state index in [0.717, 1.165) is 23.2 Å². The number of hydrogen-bond acceptors (Lipinski definition) is 5. The van der Waals surface area contributed by atoms with Gasteiger partial charge in [-0.2, -0.15) is 0 Å². The van der Waals surface area contributed by atoms with Crippen molar-refractivity contribution in [3.8, 4) is 0 Å². The van der Waals surface area contributed by atoms with Crippen molar-refractivity contribution in [2.75, 3.05) is 0 Å². The molecule has 1 heterocycles. The molecule has 0 radical (unpaired) electrons. The summed E-state index contributed by atoms with van der Waals surface area (Å²) < 4.78 is 0. The number of nitrogens with one attached hydrogen (secondary N) is 1. The molecule has 0 spiro atoms. The van der Waals surface area contributed by atoms with Gasteiger partial charge in [-0.1, -0.05) is 24.3 Å². The molecular weight excluding hydrogens is 282 g/mol. The first-order valence-corrected chi connectivity index (χ1v) is 6.76. The van der Waals surface area contributed by atoms with E-state index in [1.54, 1.807) is 6.20 Å². The average Bonchev–Trinajstić information content (AvgIpc) is 2.54. The Kier molecular flexibility index (Phi) is 5.16. The molecule has 0 atom stereocenters. The van der Waals surface area contributed by atoms with Crippen molar-refractivity contribution in [1.82, 2.24) is 15.4 Å². The molecule has 2 amide bonds. The lowest BCUT2D eigenvalue weighted by atomic mass is 10.0. The number of carbonyl (C=O) groups excluding carboxylic acids is 2. The van der Waals surface area contributed by atoms with Crippen molar-refractivity contribution in [1.29, 1.82) is 0 Å². The summed E-state index contributed by atoms with van der Waals surface area (Å²) in [4.78, 5) is 30.2. The Morgan fingerprint density at radius 2 is 1.68 bits per heavy atom. The molecule has 0 aliphatic rings. The van der Waals surface area contributed by atoms with E-state index in [1.807, 2.05) is 24.3 Å². The molecule has 0 saturated heterocycles. The number of carbonyl (C=O) groups is 2. The molecule has 0 fully saturated rings. The molecule has 22 heavy (non-hydrogen) atoms. The average molecular weight is 299 g/mol. The molecule has 114 valence electrons. The van der Waals surface area contributed by atoms with Crippen LogP contribution in [0.15, 0.2) is 36.7 Å². The van der Waals surface area contributed by atoms with Gasteiger partial charge in [-0.25, -0.2) is 10.8 Å². The fourth-order valence-electron chi connectivity index (χ4n) is 1.94. The Bertz CT molecular complexity index is 653. The molecule has 5 N–H and O–H groups in total. The van der Waals surface area contributed by atoms with Gasteiger partial charge in [0.1, 0.15) is 5.69 Å². The lowest BCUT2D eigenvalue weighted by molar-refractivity contribution is -0.120. The SMILES string of the molecule is NNC(=O)Cc1ccc(CCc2cnc(C(N)=O)cn2)cc1. The van der Waals surface area contributed by atoms with Gasteiger partial charge in [0.2, 0.25) is 5.91 Å². The van der Waals surface area contributed by atoms with Crippen LogP contribution in [-0.4, -0.2) is 21.8 Å². The molecule has 0 unspecified atom stereocenters. The second-order valence-electron chi connectivity index (χ2n) is 4.82. The highest BCUT2D eigenvalue weighted by Gasteiger charge is 2.04. The molecule has 2 aromatic rings. The monoisotopic (exact) mass is 299 g/mol. The molecule has 7 heteroatoms. The summed E-state index contributed by atoms with van der Waals surface area (Å²) in [6.07, 6.45) is 4.69. The molecule has 2 rings (SSSR count). The van der Waals surface area contributed by atoms with Crippen molar-refractivity contribution >= 4 is 11.8 Å². The van der Waals surface area contributed by atoms with Crippen molar-refractivity contribution in [3.63, 3.8) is 0 Å². The van der Waals surface area contributed by atoms with E-state index < -0.39 is 5.91 Å². The number of hydrazine groups is 1. The van der Waals surface area contributed by atoms with Crippen LogP contribution in [0.1, 0.15) is 27.3 Å². The van der Waals surface area contributed by atoms with E-state index in [1.165, 1.54) is 6.20 Å². The van der Waals surface area contributed by atoms with E-state index in [4.69, 9.17) is 11.6 Å². The summed E-state index contributed by atoms with van der Waals surface area (Å²) >= 11 is 0. The highest BCUT2D eigenvalue weighted by Crippen LogP contribution is 2.08. The predicted molar refractivity (Wildman–Crippen MR) is 80.4 cm³/mol. The zero-order valence-electron chi connectivity index (χ0n) is 12.0. The first-order valence-electron chi connectivity index (χ1n) is 6.76. The van der Waals surface area contributed by atoms with Crippen LogP contribution < -0.4 is 17.0 Å². The molecular formula is C15H17N5O2. The van der Waals surface area contributed by atoms with E-state index in [2.05, 4.69) is 15.4 Å². The maximum atomic E-state index is 11.2. The Hall–Kier alpha value is -2.80. The van der Waals surface area contributed by atoms with Crippen molar-refractivity contribution in [2.45, 2.75) is 19.3 Å². The van der Waals surface area contributed by atoms with Crippen molar-refractivity contribution in [2.24, 2.45) is 11.6 Å².